The van der Waals surface area contributed by atoms with Gasteiger partial charge in [-0.1, -0.05) is 5.16 Å². The van der Waals surface area contributed by atoms with E-state index in [9.17, 15) is 0 Å². The number of methoxy groups -OCH3 is 1. The Balaban J connectivity index is 2.04. The first-order chi connectivity index (χ1) is 8.19. The van der Waals surface area contributed by atoms with Gasteiger partial charge < -0.3 is 9.26 Å². The third-order valence-electron chi connectivity index (χ3n) is 2.26. The quantitative estimate of drug-likeness (QED) is 0.780. The number of rotatable bonds is 4. The van der Waals surface area contributed by atoms with Gasteiger partial charge in [0, 0.05) is 4.90 Å². The van der Waals surface area contributed by atoms with Crippen LogP contribution in [0.2, 0.25) is 0 Å². The summed E-state index contributed by atoms with van der Waals surface area (Å²) < 4.78 is 10.2. The molecule has 1 aromatic heterocycles. The number of aromatic nitrogens is 2. The van der Waals surface area contributed by atoms with E-state index in [1.165, 1.54) is 0 Å². The largest absolute Gasteiger partial charge is 0.497 e. The van der Waals surface area contributed by atoms with E-state index < -0.39 is 0 Å². The molecule has 0 saturated heterocycles. The van der Waals surface area contributed by atoms with Gasteiger partial charge >= 0.3 is 0 Å². The van der Waals surface area contributed by atoms with Gasteiger partial charge in [0.1, 0.15) is 5.75 Å². The molecule has 4 nitrogen and oxygen atoms in total. The summed E-state index contributed by atoms with van der Waals surface area (Å²) in [5.41, 5.74) is 0. The van der Waals surface area contributed by atoms with E-state index in [-0.39, 0.29) is 5.25 Å². The monoisotopic (exact) mass is 250 g/mol. The summed E-state index contributed by atoms with van der Waals surface area (Å²) in [7, 11) is 1.66. The molecular formula is C12H14N2O2S. The first kappa shape index (κ1) is 12.0. The van der Waals surface area contributed by atoms with Gasteiger partial charge in [-0.05, 0) is 38.1 Å². The Morgan fingerprint density at radius 3 is 2.53 bits per heavy atom. The molecule has 0 aliphatic carbocycles. The Kier molecular flexibility index (Phi) is 3.68. The normalized spacial score (nSPS) is 12.4. The summed E-state index contributed by atoms with van der Waals surface area (Å²) in [6.45, 7) is 3.86. The van der Waals surface area contributed by atoms with Gasteiger partial charge in [0.05, 0.1) is 12.4 Å². The molecule has 0 N–H and O–H groups in total. The number of hydrogen-bond donors (Lipinski definition) is 0. The number of hydrogen-bond acceptors (Lipinski definition) is 5. The lowest BCUT2D eigenvalue weighted by molar-refractivity contribution is 0.376. The van der Waals surface area contributed by atoms with E-state index in [0.717, 1.165) is 10.6 Å². The van der Waals surface area contributed by atoms with Crippen LogP contribution in [0.3, 0.4) is 0 Å². The van der Waals surface area contributed by atoms with Crippen molar-refractivity contribution in [3.8, 4) is 5.75 Å². The predicted molar refractivity (Wildman–Crippen MR) is 66.3 cm³/mol. The zero-order valence-corrected chi connectivity index (χ0v) is 10.8. The highest BCUT2D eigenvalue weighted by Crippen LogP contribution is 2.34. The summed E-state index contributed by atoms with van der Waals surface area (Å²) >= 11 is 1.68. The van der Waals surface area contributed by atoms with Crippen LogP contribution in [0.15, 0.2) is 33.7 Å². The Morgan fingerprint density at radius 1 is 1.29 bits per heavy atom. The van der Waals surface area contributed by atoms with Crippen molar-refractivity contribution < 1.29 is 9.26 Å². The van der Waals surface area contributed by atoms with Gasteiger partial charge in [-0.3, -0.25) is 0 Å². The molecule has 2 aromatic rings. The number of benzene rings is 1. The maximum atomic E-state index is 5.14. The van der Waals surface area contributed by atoms with Gasteiger partial charge in [0.25, 0.3) is 0 Å². The average Bonchev–Trinajstić information content (AvgIpc) is 2.77. The second-order valence-electron chi connectivity index (χ2n) is 3.62. The first-order valence-electron chi connectivity index (χ1n) is 5.30. The van der Waals surface area contributed by atoms with Crippen molar-refractivity contribution in [3.05, 3.63) is 36.0 Å². The smallest absolute Gasteiger partial charge is 0.239 e. The molecule has 0 aliphatic heterocycles. The molecular weight excluding hydrogens is 236 g/mol. The topological polar surface area (TPSA) is 48.2 Å². The number of ether oxygens (including phenoxy) is 1. The third-order valence-corrected chi connectivity index (χ3v) is 3.36. The molecule has 0 fully saturated rings. The van der Waals surface area contributed by atoms with Gasteiger partial charge in [0.15, 0.2) is 5.82 Å². The van der Waals surface area contributed by atoms with Crippen molar-refractivity contribution >= 4 is 11.8 Å². The summed E-state index contributed by atoms with van der Waals surface area (Å²) in [5, 5.41) is 3.93. The molecule has 1 atom stereocenters. The number of thioether (sulfide) groups is 1. The predicted octanol–water partition coefficient (Wildman–Crippen LogP) is 3.24. The molecule has 17 heavy (non-hydrogen) atoms. The minimum absolute atomic E-state index is 0.143. The number of nitrogens with zero attached hydrogens (tertiary/aromatic N) is 2. The van der Waals surface area contributed by atoms with E-state index in [0.29, 0.717) is 11.7 Å². The van der Waals surface area contributed by atoms with Crippen LogP contribution in [0, 0.1) is 6.92 Å². The van der Waals surface area contributed by atoms with Crippen molar-refractivity contribution in [2.75, 3.05) is 7.11 Å². The standard InChI is InChI=1S/C12H14N2O2S/c1-8(12-13-9(2)14-16-12)17-11-6-4-10(15-3)5-7-11/h4-8H,1-3H3. The fourth-order valence-electron chi connectivity index (χ4n) is 1.39. The Bertz CT molecular complexity index is 482. The van der Waals surface area contributed by atoms with E-state index >= 15 is 0 Å². The second kappa shape index (κ2) is 5.23. The summed E-state index contributed by atoms with van der Waals surface area (Å²) in [6.07, 6.45) is 0. The molecule has 0 spiro atoms. The molecule has 5 heteroatoms. The van der Waals surface area contributed by atoms with Crippen molar-refractivity contribution in [2.45, 2.75) is 24.0 Å². The van der Waals surface area contributed by atoms with Crippen molar-refractivity contribution in [1.82, 2.24) is 10.1 Å². The van der Waals surface area contributed by atoms with Gasteiger partial charge in [-0.15, -0.1) is 11.8 Å². The molecule has 1 aromatic carbocycles. The maximum absolute atomic E-state index is 5.14. The first-order valence-corrected chi connectivity index (χ1v) is 6.18. The van der Waals surface area contributed by atoms with Crippen LogP contribution >= 0.6 is 11.8 Å². The number of aryl methyl sites for hydroxylation is 1. The van der Waals surface area contributed by atoms with Gasteiger partial charge in [-0.2, -0.15) is 4.98 Å². The van der Waals surface area contributed by atoms with Gasteiger partial charge in [0.2, 0.25) is 5.89 Å². The highest BCUT2D eigenvalue weighted by Gasteiger charge is 2.14. The molecule has 0 bridgehead atoms. The summed E-state index contributed by atoms with van der Waals surface area (Å²) in [5.74, 6) is 2.18. The molecule has 1 heterocycles. The van der Waals surface area contributed by atoms with Crippen LogP contribution in [0.1, 0.15) is 23.9 Å². The van der Waals surface area contributed by atoms with Crippen LogP contribution in [-0.2, 0) is 0 Å². The Hall–Kier alpha value is -1.49. The van der Waals surface area contributed by atoms with Crippen molar-refractivity contribution in [2.24, 2.45) is 0 Å². The van der Waals surface area contributed by atoms with Crippen LogP contribution in [-0.4, -0.2) is 17.3 Å². The zero-order chi connectivity index (χ0) is 12.3. The van der Waals surface area contributed by atoms with E-state index in [4.69, 9.17) is 9.26 Å². The van der Waals surface area contributed by atoms with Crippen molar-refractivity contribution in [3.63, 3.8) is 0 Å². The third kappa shape index (κ3) is 3.00. The average molecular weight is 250 g/mol. The van der Waals surface area contributed by atoms with Crippen LogP contribution < -0.4 is 4.74 Å². The van der Waals surface area contributed by atoms with E-state index in [1.807, 2.05) is 38.1 Å². The molecule has 0 aliphatic rings. The molecule has 0 radical (unpaired) electrons. The molecule has 1 unspecified atom stereocenters. The lowest BCUT2D eigenvalue weighted by Crippen LogP contribution is -1.89. The Morgan fingerprint density at radius 2 is 2.00 bits per heavy atom. The SMILES string of the molecule is COc1ccc(SC(C)c2nc(C)no2)cc1. The fraction of sp³-hybridized carbons (Fsp3) is 0.333. The fourth-order valence-corrected chi connectivity index (χ4v) is 2.29. The lowest BCUT2D eigenvalue weighted by atomic mass is 10.3. The van der Waals surface area contributed by atoms with Crippen LogP contribution in [0.4, 0.5) is 0 Å². The highest BCUT2D eigenvalue weighted by molar-refractivity contribution is 7.99. The summed E-state index contributed by atoms with van der Waals surface area (Å²) in [4.78, 5) is 5.36. The summed E-state index contributed by atoms with van der Waals surface area (Å²) in [6, 6.07) is 7.91. The lowest BCUT2D eigenvalue weighted by Gasteiger charge is -2.06. The second-order valence-corrected chi connectivity index (χ2v) is 5.03. The van der Waals surface area contributed by atoms with Crippen LogP contribution in [0.25, 0.3) is 0 Å². The minimum Gasteiger partial charge on any atom is -0.497 e. The minimum atomic E-state index is 0.143. The maximum Gasteiger partial charge on any atom is 0.239 e. The molecule has 0 amide bonds. The molecule has 2 rings (SSSR count). The van der Waals surface area contributed by atoms with Crippen molar-refractivity contribution in [1.29, 1.82) is 0 Å². The van der Waals surface area contributed by atoms with E-state index in [2.05, 4.69) is 10.1 Å². The zero-order valence-electron chi connectivity index (χ0n) is 10.0. The van der Waals surface area contributed by atoms with E-state index in [1.54, 1.807) is 18.9 Å². The molecule has 0 saturated carbocycles. The van der Waals surface area contributed by atoms with Crippen LogP contribution in [0.5, 0.6) is 5.75 Å². The highest BCUT2D eigenvalue weighted by atomic mass is 32.2. The van der Waals surface area contributed by atoms with Gasteiger partial charge in [-0.25, -0.2) is 0 Å². The molecule has 90 valence electrons. The Labute approximate surface area is 104 Å².